The van der Waals surface area contributed by atoms with E-state index in [0.29, 0.717) is 0 Å². The molecule has 18 aromatic rings. The number of hydrogen-bond acceptors (Lipinski definition) is 2. The van der Waals surface area contributed by atoms with Gasteiger partial charge in [0, 0.05) is 34.1 Å². The average molecular weight is 1350 g/mol. The Balaban J connectivity index is 0.622. The van der Waals surface area contributed by atoms with Crippen molar-refractivity contribution in [2.24, 2.45) is 0 Å². The van der Waals surface area contributed by atoms with Gasteiger partial charge in [-0.05, 0) is 241 Å². The Kier molecular flexibility index (Phi) is 17.5. The topological polar surface area (TPSA) is 6.48 Å². The van der Waals surface area contributed by atoms with Gasteiger partial charge in [0.15, 0.2) is 0 Å². The first kappa shape index (κ1) is 64.2. The van der Waals surface area contributed by atoms with Crippen molar-refractivity contribution in [2.45, 2.75) is 0 Å². The summed E-state index contributed by atoms with van der Waals surface area (Å²) in [5.41, 5.74) is 32.3. The highest BCUT2D eigenvalue weighted by Gasteiger charge is 2.21. The molecule has 0 radical (unpaired) electrons. The van der Waals surface area contributed by atoms with Crippen LogP contribution in [0.25, 0.3) is 144 Å². The highest BCUT2D eigenvalue weighted by atomic mass is 15.1. The molecule has 0 unspecified atom stereocenters. The first-order valence-electron chi connectivity index (χ1n) is 36.4. The summed E-state index contributed by atoms with van der Waals surface area (Å²) in [4.78, 5) is 4.76. The van der Waals surface area contributed by atoms with Crippen molar-refractivity contribution in [2.75, 3.05) is 9.80 Å². The van der Waals surface area contributed by atoms with Gasteiger partial charge in [-0.3, -0.25) is 0 Å². The third-order valence-electron chi connectivity index (χ3n) is 20.7. The average Bonchev–Trinajstić information content (AvgIpc) is 0.780. The van der Waals surface area contributed by atoms with Crippen molar-refractivity contribution in [3.05, 3.63) is 437 Å². The SMILES string of the molecule is c1ccc(-c2ccc(N(c3ccc(-c4ccccc4)cc3)c3ccc(-c4ccc(-c5ccc6ccc(-c7ccc(-c8ccc(N(c9ccc(-c%10ccccc%10)cc9)c9ccc(-c%10cccc(-c%11ccc%12ccccc%12c%11)c%10)c(-c%10ccccc%10)c9)cc8)cc7)cc6c5)cc4)c(-c4ccccc4)c3)cc2)cc1. The van der Waals surface area contributed by atoms with Crippen molar-refractivity contribution in [3.8, 4) is 122 Å². The molecule has 0 fully saturated rings. The number of hydrogen-bond donors (Lipinski definition) is 0. The van der Waals surface area contributed by atoms with E-state index in [4.69, 9.17) is 0 Å². The molecule has 0 heterocycles. The lowest BCUT2D eigenvalue weighted by atomic mass is 9.91. The summed E-state index contributed by atoms with van der Waals surface area (Å²) in [7, 11) is 0. The molecule has 0 saturated carbocycles. The van der Waals surface area contributed by atoms with Crippen LogP contribution in [0.2, 0.25) is 0 Å². The van der Waals surface area contributed by atoms with Gasteiger partial charge in [0.2, 0.25) is 0 Å². The van der Waals surface area contributed by atoms with Crippen LogP contribution < -0.4 is 9.80 Å². The molecule has 2 heteroatoms. The van der Waals surface area contributed by atoms with E-state index >= 15 is 0 Å². The van der Waals surface area contributed by atoms with Gasteiger partial charge in [-0.2, -0.15) is 0 Å². The molecular formula is C104H72N2. The Labute approximate surface area is 620 Å². The second kappa shape index (κ2) is 28.8. The fraction of sp³-hybridized carbons (Fsp3) is 0. The van der Waals surface area contributed by atoms with Gasteiger partial charge in [0.25, 0.3) is 0 Å². The number of anilines is 6. The van der Waals surface area contributed by atoms with Gasteiger partial charge in [0.05, 0.1) is 0 Å². The van der Waals surface area contributed by atoms with Gasteiger partial charge in [-0.1, -0.05) is 340 Å². The van der Waals surface area contributed by atoms with E-state index in [1.165, 1.54) is 105 Å². The van der Waals surface area contributed by atoms with E-state index in [2.05, 4.69) is 447 Å². The highest BCUT2D eigenvalue weighted by Crippen LogP contribution is 2.46. The zero-order chi connectivity index (χ0) is 70.5. The van der Waals surface area contributed by atoms with E-state index in [1.807, 2.05) is 0 Å². The second-order valence-electron chi connectivity index (χ2n) is 27.2. The third-order valence-corrected chi connectivity index (χ3v) is 20.7. The first-order chi connectivity index (χ1) is 52.5. The van der Waals surface area contributed by atoms with Crippen LogP contribution in [0.15, 0.2) is 437 Å². The minimum absolute atomic E-state index is 1.07. The summed E-state index contributed by atoms with van der Waals surface area (Å²) >= 11 is 0. The molecular weight excluding hydrogens is 1280 g/mol. The number of rotatable bonds is 17. The van der Waals surface area contributed by atoms with E-state index < -0.39 is 0 Å². The van der Waals surface area contributed by atoms with Gasteiger partial charge in [0.1, 0.15) is 0 Å². The van der Waals surface area contributed by atoms with Crippen molar-refractivity contribution < 1.29 is 0 Å². The molecule has 0 aromatic heterocycles. The number of nitrogens with zero attached hydrogens (tertiary/aromatic N) is 2. The molecule has 2 nitrogen and oxygen atoms in total. The van der Waals surface area contributed by atoms with E-state index in [9.17, 15) is 0 Å². The minimum atomic E-state index is 1.07. The van der Waals surface area contributed by atoms with Crippen molar-refractivity contribution in [1.82, 2.24) is 0 Å². The predicted molar refractivity (Wildman–Crippen MR) is 451 cm³/mol. The highest BCUT2D eigenvalue weighted by molar-refractivity contribution is 5.96. The van der Waals surface area contributed by atoms with E-state index in [1.54, 1.807) is 0 Å². The fourth-order valence-corrected chi connectivity index (χ4v) is 15.1. The van der Waals surface area contributed by atoms with Crippen LogP contribution in [0.4, 0.5) is 34.1 Å². The minimum Gasteiger partial charge on any atom is -0.310 e. The molecule has 0 aliphatic rings. The zero-order valence-corrected chi connectivity index (χ0v) is 58.5. The molecule has 106 heavy (non-hydrogen) atoms. The van der Waals surface area contributed by atoms with E-state index in [0.717, 1.165) is 73.1 Å². The predicted octanol–water partition coefficient (Wildman–Crippen LogP) is 29.3. The summed E-state index contributed by atoms with van der Waals surface area (Å²) in [5.74, 6) is 0. The van der Waals surface area contributed by atoms with Crippen LogP contribution in [-0.4, -0.2) is 0 Å². The van der Waals surface area contributed by atoms with Crippen LogP contribution >= 0.6 is 0 Å². The van der Waals surface area contributed by atoms with Gasteiger partial charge < -0.3 is 9.80 Å². The number of benzene rings is 18. The fourth-order valence-electron chi connectivity index (χ4n) is 15.1. The summed E-state index contributed by atoms with van der Waals surface area (Å²) < 4.78 is 0. The molecule has 0 bridgehead atoms. The van der Waals surface area contributed by atoms with Crippen molar-refractivity contribution in [1.29, 1.82) is 0 Å². The van der Waals surface area contributed by atoms with Crippen molar-refractivity contribution >= 4 is 55.7 Å². The largest absolute Gasteiger partial charge is 0.310 e. The number of fused-ring (bicyclic) bond motifs is 2. The molecule has 498 valence electrons. The molecule has 0 spiro atoms. The summed E-state index contributed by atoms with van der Waals surface area (Å²) in [5, 5.41) is 4.88. The third kappa shape index (κ3) is 13.3. The Morgan fingerprint density at radius 1 is 0.104 bits per heavy atom. The molecule has 0 aliphatic heterocycles. The monoisotopic (exact) mass is 1350 g/mol. The first-order valence-corrected chi connectivity index (χ1v) is 36.4. The standard InChI is InChI=1S/C104H72N2/c1-6-19-73(20-7-1)78-47-55-95(56-48-78)105(96-57-49-79(50-58-96)74-21-8-2-9-22-74)99-63-65-101(103(71-99)85-26-12-4-13-27-85)87-42-37-83(38-43-87)91-45-41-84-40-44-90(69-94(84)70-91)82-35-33-77(34-36-82)81-53-61-98(62-54-81)106(97-59-51-80(52-60-97)75-23-10-3-11-24-75)100-64-66-102(104(72-100)86-28-14-5-15-29-86)93-32-18-31-89(68-93)92-46-39-76-25-16-17-30-88(76)67-92/h1-72H. The maximum atomic E-state index is 2.39. The van der Waals surface area contributed by atoms with Crippen LogP contribution in [0.3, 0.4) is 0 Å². The summed E-state index contributed by atoms with van der Waals surface area (Å²) in [6.07, 6.45) is 0. The van der Waals surface area contributed by atoms with Crippen LogP contribution in [0, 0.1) is 0 Å². The molecule has 0 atom stereocenters. The molecule has 0 aliphatic carbocycles. The molecule has 18 rings (SSSR count). The van der Waals surface area contributed by atoms with Gasteiger partial charge >= 0.3 is 0 Å². The Bertz CT molecular complexity index is 6020. The molecule has 0 saturated heterocycles. The van der Waals surface area contributed by atoms with E-state index in [-0.39, 0.29) is 0 Å². The van der Waals surface area contributed by atoms with Gasteiger partial charge in [-0.15, -0.1) is 0 Å². The quantitative estimate of drug-likeness (QED) is 0.0896. The normalized spacial score (nSPS) is 11.2. The molecule has 0 amide bonds. The Morgan fingerprint density at radius 3 is 0.717 bits per heavy atom. The second-order valence-corrected chi connectivity index (χ2v) is 27.2. The van der Waals surface area contributed by atoms with Gasteiger partial charge in [-0.25, -0.2) is 0 Å². The maximum Gasteiger partial charge on any atom is 0.0468 e. The zero-order valence-electron chi connectivity index (χ0n) is 58.5. The molecule has 0 N–H and O–H groups in total. The maximum absolute atomic E-state index is 2.39. The summed E-state index contributed by atoms with van der Waals surface area (Å²) in [6.45, 7) is 0. The Morgan fingerprint density at radius 2 is 0.330 bits per heavy atom. The summed E-state index contributed by atoms with van der Waals surface area (Å²) in [6, 6.07) is 159. The molecule has 18 aromatic carbocycles. The van der Waals surface area contributed by atoms with Crippen LogP contribution in [-0.2, 0) is 0 Å². The van der Waals surface area contributed by atoms with Crippen LogP contribution in [0.1, 0.15) is 0 Å². The lowest BCUT2D eigenvalue weighted by Crippen LogP contribution is -2.10. The Hall–Kier alpha value is -13.9. The van der Waals surface area contributed by atoms with Crippen molar-refractivity contribution in [3.63, 3.8) is 0 Å². The smallest absolute Gasteiger partial charge is 0.0468 e. The van der Waals surface area contributed by atoms with Crippen LogP contribution in [0.5, 0.6) is 0 Å². The lowest BCUT2D eigenvalue weighted by Gasteiger charge is -2.27. The lowest BCUT2D eigenvalue weighted by molar-refractivity contribution is 1.28.